The zero-order valence-electron chi connectivity index (χ0n) is 26.5. The molecule has 0 amide bonds. The maximum Gasteiger partial charge on any atom is 0.172 e. The molecule has 2 atom stereocenters. The molecule has 0 radical (unpaired) electrons. The summed E-state index contributed by atoms with van der Waals surface area (Å²) in [5.41, 5.74) is 9.88. The van der Waals surface area contributed by atoms with Gasteiger partial charge in [0.15, 0.2) is 6.29 Å². The van der Waals surface area contributed by atoms with Crippen molar-refractivity contribution in [3.8, 4) is 0 Å². The molecule has 0 fully saturated rings. The van der Waals surface area contributed by atoms with Crippen LogP contribution in [0.5, 0.6) is 0 Å². The Morgan fingerprint density at radius 2 is 1.31 bits per heavy atom. The first-order valence-electron chi connectivity index (χ1n) is 15.3. The Bertz CT molecular complexity index is 856. The molecule has 1 aromatic carbocycles. The SMILES string of the molecule is CCOCCOCCOCCOCCOCCOCCOC(O)CN1c2cc(C(C)C)c(N)cc2C(CO)CC1(C)C. The first-order valence-corrected chi connectivity index (χ1v) is 15.3. The fraction of sp³-hybridized carbons (Fsp3) is 0.806. The molecule has 0 bridgehead atoms. The molecule has 2 unspecified atom stereocenters. The highest BCUT2D eigenvalue weighted by molar-refractivity contribution is 5.68. The summed E-state index contributed by atoms with van der Waals surface area (Å²) in [6.07, 6.45) is -0.242. The molecule has 244 valence electrons. The van der Waals surface area contributed by atoms with Crippen LogP contribution in [0.15, 0.2) is 12.1 Å². The lowest BCUT2D eigenvalue weighted by atomic mass is 9.78. The van der Waals surface area contributed by atoms with E-state index >= 15 is 0 Å². The van der Waals surface area contributed by atoms with Crippen LogP contribution in [-0.4, -0.2) is 121 Å². The third-order valence-electron chi connectivity index (χ3n) is 7.22. The number of benzene rings is 1. The van der Waals surface area contributed by atoms with Crippen LogP contribution in [0, 0.1) is 0 Å². The molecule has 11 nitrogen and oxygen atoms in total. The number of rotatable bonds is 24. The fourth-order valence-electron chi connectivity index (χ4n) is 5.05. The summed E-state index contributed by atoms with van der Waals surface area (Å²) in [6, 6.07) is 4.10. The second-order valence-corrected chi connectivity index (χ2v) is 11.3. The summed E-state index contributed by atoms with van der Waals surface area (Å²) in [7, 11) is 0. The van der Waals surface area contributed by atoms with Gasteiger partial charge in [-0.15, -0.1) is 0 Å². The zero-order valence-corrected chi connectivity index (χ0v) is 26.5. The fourth-order valence-corrected chi connectivity index (χ4v) is 5.05. The number of hydrogen-bond donors (Lipinski definition) is 3. The molecular formula is C31H56N2O9. The van der Waals surface area contributed by atoms with E-state index in [1.807, 2.05) is 13.0 Å². The van der Waals surface area contributed by atoms with E-state index in [0.717, 1.165) is 28.9 Å². The summed E-state index contributed by atoms with van der Waals surface area (Å²) < 4.78 is 38.2. The molecular weight excluding hydrogens is 544 g/mol. The smallest absolute Gasteiger partial charge is 0.172 e. The molecule has 2 rings (SSSR count). The first-order chi connectivity index (χ1) is 20.2. The molecule has 11 heteroatoms. The number of nitrogen functional groups attached to an aromatic ring is 1. The van der Waals surface area contributed by atoms with Crippen LogP contribution in [-0.2, 0) is 33.2 Å². The molecule has 4 N–H and O–H groups in total. The van der Waals surface area contributed by atoms with Crippen molar-refractivity contribution in [3.05, 3.63) is 23.3 Å². The predicted molar refractivity (Wildman–Crippen MR) is 163 cm³/mol. The van der Waals surface area contributed by atoms with Gasteiger partial charge in [0.2, 0.25) is 0 Å². The van der Waals surface area contributed by atoms with Crippen molar-refractivity contribution >= 4 is 11.4 Å². The first kappa shape index (κ1) is 36.7. The van der Waals surface area contributed by atoms with Gasteiger partial charge in [0.25, 0.3) is 0 Å². The number of anilines is 2. The highest BCUT2D eigenvalue weighted by atomic mass is 16.6. The van der Waals surface area contributed by atoms with Gasteiger partial charge in [-0.05, 0) is 56.4 Å². The maximum absolute atomic E-state index is 10.7. The Balaban J connectivity index is 1.56. The molecule has 1 aliphatic heterocycles. The molecule has 1 heterocycles. The number of aliphatic hydroxyl groups excluding tert-OH is 2. The number of nitrogens with two attached hydrogens (primary N) is 1. The predicted octanol–water partition coefficient (Wildman–Crippen LogP) is 2.91. The lowest BCUT2D eigenvalue weighted by molar-refractivity contribution is -0.109. The van der Waals surface area contributed by atoms with E-state index in [-0.39, 0.29) is 30.6 Å². The highest BCUT2D eigenvalue weighted by Gasteiger charge is 2.39. The van der Waals surface area contributed by atoms with Gasteiger partial charge in [-0.2, -0.15) is 0 Å². The maximum atomic E-state index is 10.7. The quantitative estimate of drug-likeness (QED) is 0.0919. The summed E-state index contributed by atoms with van der Waals surface area (Å²) in [5.74, 6) is 0.257. The van der Waals surface area contributed by atoms with E-state index in [9.17, 15) is 10.2 Å². The number of hydrogen-bond acceptors (Lipinski definition) is 11. The number of nitrogens with zero attached hydrogens (tertiary/aromatic N) is 1. The molecule has 0 saturated carbocycles. The van der Waals surface area contributed by atoms with Gasteiger partial charge in [0.1, 0.15) is 0 Å². The lowest BCUT2D eigenvalue weighted by Crippen LogP contribution is -2.52. The average Bonchev–Trinajstić information content (AvgIpc) is 2.95. The number of aliphatic hydroxyl groups is 2. The summed E-state index contributed by atoms with van der Waals surface area (Å²) in [4.78, 5) is 2.17. The van der Waals surface area contributed by atoms with Gasteiger partial charge in [-0.25, -0.2) is 0 Å². The Labute approximate surface area is 252 Å². The van der Waals surface area contributed by atoms with Crippen LogP contribution in [0.1, 0.15) is 64.0 Å². The number of β-amino-alcohol motifs (C(OH)–C–C–N with tert-alkyl or cyclic N) is 1. The average molecular weight is 601 g/mol. The Kier molecular flexibility index (Phi) is 17.8. The van der Waals surface area contributed by atoms with E-state index < -0.39 is 6.29 Å². The molecule has 0 aliphatic carbocycles. The number of ether oxygens (including phenoxy) is 7. The Morgan fingerprint density at radius 3 is 1.76 bits per heavy atom. The Hall–Kier alpha value is -1.54. The molecule has 0 aromatic heterocycles. The van der Waals surface area contributed by atoms with Gasteiger partial charge in [0, 0.05) is 29.4 Å². The van der Waals surface area contributed by atoms with Crippen LogP contribution in [0.2, 0.25) is 0 Å². The summed E-state index contributed by atoms with van der Waals surface area (Å²) in [5, 5.41) is 20.8. The monoisotopic (exact) mass is 600 g/mol. The largest absolute Gasteiger partial charge is 0.398 e. The lowest BCUT2D eigenvalue weighted by Gasteiger charge is -2.48. The molecule has 42 heavy (non-hydrogen) atoms. The van der Waals surface area contributed by atoms with Crippen LogP contribution in [0.4, 0.5) is 11.4 Å². The van der Waals surface area contributed by atoms with Crippen molar-refractivity contribution < 1.29 is 43.4 Å². The van der Waals surface area contributed by atoms with Crippen LogP contribution in [0.25, 0.3) is 0 Å². The van der Waals surface area contributed by atoms with E-state index in [0.29, 0.717) is 85.8 Å². The normalized spacial score (nSPS) is 17.1. The van der Waals surface area contributed by atoms with E-state index in [4.69, 9.17) is 38.9 Å². The van der Waals surface area contributed by atoms with Crippen molar-refractivity contribution in [1.29, 1.82) is 0 Å². The van der Waals surface area contributed by atoms with Crippen LogP contribution >= 0.6 is 0 Å². The Morgan fingerprint density at radius 1 is 0.833 bits per heavy atom. The summed E-state index contributed by atoms with van der Waals surface area (Å²) >= 11 is 0. The highest BCUT2D eigenvalue weighted by Crippen LogP contribution is 2.45. The van der Waals surface area contributed by atoms with E-state index in [1.165, 1.54) is 0 Å². The van der Waals surface area contributed by atoms with Crippen LogP contribution in [0.3, 0.4) is 0 Å². The molecule has 0 saturated heterocycles. The van der Waals surface area contributed by atoms with Gasteiger partial charge in [0.05, 0.1) is 92.4 Å². The third-order valence-corrected chi connectivity index (χ3v) is 7.22. The van der Waals surface area contributed by atoms with E-state index in [1.54, 1.807) is 0 Å². The second-order valence-electron chi connectivity index (χ2n) is 11.3. The van der Waals surface area contributed by atoms with Crippen molar-refractivity contribution in [1.82, 2.24) is 0 Å². The van der Waals surface area contributed by atoms with Crippen molar-refractivity contribution in [2.24, 2.45) is 0 Å². The molecule has 0 spiro atoms. The summed E-state index contributed by atoms with van der Waals surface area (Å²) in [6.45, 7) is 17.3. The third kappa shape index (κ3) is 13.0. The van der Waals surface area contributed by atoms with Gasteiger partial charge in [-0.3, -0.25) is 0 Å². The molecule has 1 aromatic rings. The van der Waals surface area contributed by atoms with Crippen molar-refractivity contribution in [2.75, 3.05) is 110 Å². The van der Waals surface area contributed by atoms with Gasteiger partial charge in [-0.1, -0.05) is 13.8 Å². The van der Waals surface area contributed by atoms with Gasteiger partial charge >= 0.3 is 0 Å². The topological polar surface area (TPSA) is 134 Å². The van der Waals surface area contributed by atoms with Gasteiger partial charge < -0.3 is 54.0 Å². The minimum Gasteiger partial charge on any atom is -0.398 e. The zero-order chi connectivity index (χ0) is 30.8. The van der Waals surface area contributed by atoms with Crippen molar-refractivity contribution in [2.45, 2.75) is 64.7 Å². The molecule has 1 aliphatic rings. The van der Waals surface area contributed by atoms with Crippen LogP contribution < -0.4 is 10.6 Å². The minimum absolute atomic E-state index is 0.00387. The minimum atomic E-state index is -0.989. The van der Waals surface area contributed by atoms with E-state index in [2.05, 4.69) is 38.7 Å². The standard InChI is InChI=1S/C31H56N2O9/c1-6-36-7-8-37-9-10-38-11-12-39-13-14-40-15-16-41-17-18-42-30(35)22-33-29-20-26(24(2)3)28(32)19-27(29)25(23-34)21-31(33,4)5/h19-20,24-25,30,34-35H,6-18,21-23,32H2,1-5H3. The second kappa shape index (κ2) is 20.4. The number of fused-ring (bicyclic) bond motifs is 1. The van der Waals surface area contributed by atoms with Crippen molar-refractivity contribution in [3.63, 3.8) is 0 Å².